The smallest absolute Gasteiger partial charge is 0.295 e. The van der Waals surface area contributed by atoms with Crippen molar-refractivity contribution in [2.45, 2.75) is 9.79 Å². The lowest BCUT2D eigenvalue weighted by atomic mass is 10.1. The Morgan fingerprint density at radius 1 is 0.532 bits per heavy atom. The molecule has 0 aliphatic rings. The molecule has 0 saturated heterocycles. The average molecular weight is 664 g/mol. The molecule has 11 nitrogen and oxygen atoms in total. The van der Waals surface area contributed by atoms with Gasteiger partial charge in [0.1, 0.15) is 15.5 Å². The van der Waals surface area contributed by atoms with E-state index in [1.54, 1.807) is 12.1 Å². The first kappa shape index (κ1) is 31.4. The molecule has 6 rings (SSSR count). The Bertz CT molecular complexity index is 2490. The zero-order valence-corrected chi connectivity index (χ0v) is 26.0. The maximum atomic E-state index is 12.3. The first-order valence-corrected chi connectivity index (χ1v) is 16.8. The maximum absolute atomic E-state index is 12.3. The van der Waals surface area contributed by atoms with Gasteiger partial charge in [0.15, 0.2) is 0 Å². The van der Waals surface area contributed by atoms with Crippen LogP contribution in [0.2, 0.25) is 0 Å². The van der Waals surface area contributed by atoms with Crippen molar-refractivity contribution in [3.8, 4) is 0 Å². The third kappa shape index (κ3) is 6.98. The van der Waals surface area contributed by atoms with Crippen LogP contribution >= 0.6 is 0 Å². The first-order chi connectivity index (χ1) is 22.5. The molecule has 0 spiro atoms. The van der Waals surface area contributed by atoms with Gasteiger partial charge in [-0.3, -0.25) is 9.11 Å². The number of fused-ring (bicyclic) bond motifs is 2. The summed E-state index contributed by atoms with van der Waals surface area (Å²) in [5, 5.41) is 20.3. The number of benzene rings is 6. The summed E-state index contributed by atoms with van der Waals surface area (Å²) < 4.78 is 69.3. The van der Waals surface area contributed by atoms with Crippen LogP contribution in [0, 0.1) is 0 Å². The summed E-state index contributed by atoms with van der Waals surface area (Å²) in [6.45, 7) is 0. The molecule has 0 unspecified atom stereocenters. The van der Waals surface area contributed by atoms with Crippen LogP contribution in [0.15, 0.2) is 146 Å². The average Bonchev–Trinajstić information content (AvgIpc) is 3.05. The van der Waals surface area contributed by atoms with E-state index in [2.05, 4.69) is 20.5 Å². The van der Waals surface area contributed by atoms with Gasteiger partial charge in [0.05, 0.1) is 22.7 Å². The molecule has 0 aliphatic carbocycles. The Labute approximate surface area is 269 Å². The van der Waals surface area contributed by atoms with Crippen molar-refractivity contribution in [1.82, 2.24) is 0 Å². The summed E-state index contributed by atoms with van der Waals surface area (Å²) in [5.41, 5.74) is 7.79. The topological polar surface area (TPSA) is 184 Å². The fourth-order valence-electron chi connectivity index (χ4n) is 4.97. The molecule has 6 aromatic rings. The maximum Gasteiger partial charge on any atom is 0.295 e. The highest BCUT2D eigenvalue weighted by molar-refractivity contribution is 7.86. The number of nitrogens with zero attached hydrogens (tertiary/aromatic N) is 4. The van der Waals surface area contributed by atoms with Gasteiger partial charge >= 0.3 is 0 Å². The van der Waals surface area contributed by atoms with E-state index in [9.17, 15) is 25.9 Å². The van der Waals surface area contributed by atoms with Gasteiger partial charge < -0.3 is 5.73 Å². The van der Waals surface area contributed by atoms with Crippen molar-refractivity contribution in [3.63, 3.8) is 0 Å². The van der Waals surface area contributed by atoms with Crippen molar-refractivity contribution in [2.24, 2.45) is 20.5 Å². The van der Waals surface area contributed by atoms with E-state index in [4.69, 9.17) is 5.73 Å². The van der Waals surface area contributed by atoms with E-state index in [0.717, 1.165) is 33.7 Å². The number of nitrogen functional groups attached to an aromatic ring is 1. The second-order valence-corrected chi connectivity index (χ2v) is 13.1. The monoisotopic (exact) mass is 663 g/mol. The lowest BCUT2D eigenvalue weighted by Gasteiger charge is -2.07. The van der Waals surface area contributed by atoms with E-state index in [0.29, 0.717) is 17.1 Å². The molecule has 234 valence electrons. The molecule has 0 amide bonds. The van der Waals surface area contributed by atoms with E-state index < -0.39 is 30.0 Å². The molecule has 13 heteroatoms. The molecular weight excluding hydrogens is 639 g/mol. The summed E-state index contributed by atoms with van der Waals surface area (Å²) >= 11 is 0. The first-order valence-electron chi connectivity index (χ1n) is 14.0. The summed E-state index contributed by atoms with van der Waals surface area (Å²) in [6.07, 6.45) is 2.57. The van der Waals surface area contributed by atoms with Crippen molar-refractivity contribution in [1.29, 1.82) is 0 Å². The normalized spacial score (nSPS) is 12.6. The predicted octanol–water partition coefficient (Wildman–Crippen LogP) is 9.07. The minimum Gasteiger partial charge on any atom is -0.397 e. The van der Waals surface area contributed by atoms with Crippen molar-refractivity contribution >= 4 is 82.4 Å². The molecule has 4 N–H and O–H groups in total. The molecule has 47 heavy (non-hydrogen) atoms. The Hall–Kier alpha value is -5.60. The number of azo groups is 2. The molecule has 0 heterocycles. The highest BCUT2D eigenvalue weighted by Crippen LogP contribution is 2.35. The Balaban J connectivity index is 1.32. The Kier molecular flexibility index (Phi) is 8.45. The van der Waals surface area contributed by atoms with Crippen LogP contribution in [0.3, 0.4) is 0 Å². The van der Waals surface area contributed by atoms with Crippen LogP contribution in [-0.2, 0) is 20.2 Å². The lowest BCUT2D eigenvalue weighted by Crippen LogP contribution is -2.01. The second kappa shape index (κ2) is 12.7. The molecule has 6 aromatic carbocycles. The number of rotatable bonds is 8. The van der Waals surface area contributed by atoms with Crippen molar-refractivity contribution in [2.75, 3.05) is 5.73 Å². The summed E-state index contributed by atoms with van der Waals surface area (Å²) in [7, 11) is -9.49. The van der Waals surface area contributed by atoms with E-state index in [-0.39, 0.29) is 22.5 Å². The predicted molar refractivity (Wildman–Crippen MR) is 182 cm³/mol. The third-order valence-electron chi connectivity index (χ3n) is 7.23. The van der Waals surface area contributed by atoms with E-state index in [1.165, 1.54) is 36.4 Å². The van der Waals surface area contributed by atoms with Crippen LogP contribution in [0.1, 0.15) is 11.1 Å². The quantitative estimate of drug-likeness (QED) is 0.0627. The molecule has 0 aromatic heterocycles. The van der Waals surface area contributed by atoms with Gasteiger partial charge in [-0.25, -0.2) is 0 Å². The summed E-state index contributed by atoms with van der Waals surface area (Å²) in [6, 6.07) is 32.1. The number of hydrogen-bond acceptors (Lipinski definition) is 9. The fraction of sp³-hybridized carbons (Fsp3) is 0. The standard InChI is InChI=1S/C34H25N5O6S2/c35-30-19-16-23-7-2-4-10-29(23)34(30)39-37-27-18-15-25(33(21-27)47(43,44)45)13-12-24-14-17-26(20-32(24)46(40,41)42)36-38-31-11-5-8-22-6-1-3-9-28(22)31/h1-21H,35H2,(H,40,41,42)(H,43,44,45)/b13-12+,38-36?,39-37?. The molecule has 0 fully saturated rings. The van der Waals surface area contributed by atoms with Gasteiger partial charge in [-0.2, -0.15) is 27.1 Å². The largest absolute Gasteiger partial charge is 0.397 e. The van der Waals surface area contributed by atoms with E-state index >= 15 is 0 Å². The minimum absolute atomic E-state index is 0.0251. The van der Waals surface area contributed by atoms with Crippen LogP contribution < -0.4 is 5.73 Å². The molecule has 0 aliphatic heterocycles. The molecule has 0 atom stereocenters. The SMILES string of the molecule is Nc1ccc2ccccc2c1N=Nc1ccc(/C=C/c2ccc(N=Nc3cccc4ccccc34)cc2S(=O)(=O)O)c(S(=O)(=O)O)c1. The van der Waals surface area contributed by atoms with Crippen LogP contribution in [0.25, 0.3) is 33.7 Å². The van der Waals surface area contributed by atoms with Gasteiger partial charge in [-0.1, -0.05) is 91.0 Å². The Morgan fingerprint density at radius 2 is 1.04 bits per heavy atom. The molecular formula is C34H25N5O6S2. The van der Waals surface area contributed by atoms with Gasteiger partial charge in [0.25, 0.3) is 20.2 Å². The number of anilines is 1. The van der Waals surface area contributed by atoms with Crippen molar-refractivity contribution < 1.29 is 25.9 Å². The number of hydrogen-bond donors (Lipinski definition) is 3. The minimum atomic E-state index is -4.75. The van der Waals surface area contributed by atoms with Crippen LogP contribution in [-0.4, -0.2) is 25.9 Å². The number of nitrogens with two attached hydrogens (primary N) is 1. The van der Waals surface area contributed by atoms with Gasteiger partial charge in [0.2, 0.25) is 0 Å². The summed E-state index contributed by atoms with van der Waals surface area (Å²) in [4.78, 5) is -0.973. The lowest BCUT2D eigenvalue weighted by molar-refractivity contribution is 0.480. The zero-order chi connectivity index (χ0) is 33.2. The molecule has 0 saturated carbocycles. The highest BCUT2D eigenvalue weighted by Gasteiger charge is 2.18. The second-order valence-electron chi connectivity index (χ2n) is 10.4. The van der Waals surface area contributed by atoms with Crippen molar-refractivity contribution in [3.05, 3.63) is 126 Å². The summed E-state index contributed by atoms with van der Waals surface area (Å²) in [5.74, 6) is 0. The zero-order valence-electron chi connectivity index (χ0n) is 24.3. The van der Waals surface area contributed by atoms with E-state index in [1.807, 2.05) is 66.7 Å². The van der Waals surface area contributed by atoms with Crippen LogP contribution in [0.4, 0.5) is 28.4 Å². The fourth-order valence-corrected chi connectivity index (χ4v) is 6.38. The molecule has 0 radical (unpaired) electrons. The third-order valence-corrected chi connectivity index (χ3v) is 9.05. The van der Waals surface area contributed by atoms with Gasteiger partial charge in [0, 0.05) is 10.8 Å². The van der Waals surface area contributed by atoms with Gasteiger partial charge in [-0.15, -0.1) is 10.2 Å². The highest BCUT2D eigenvalue weighted by atomic mass is 32.2. The molecule has 0 bridgehead atoms. The van der Waals surface area contributed by atoms with Crippen LogP contribution in [0.5, 0.6) is 0 Å². The van der Waals surface area contributed by atoms with Gasteiger partial charge in [-0.05, 0) is 58.3 Å². The Morgan fingerprint density at radius 3 is 1.64 bits per heavy atom.